The Kier molecular flexibility index (Phi) is 6.62. The van der Waals surface area contributed by atoms with Crippen LogP contribution in [-0.2, 0) is 0 Å². The van der Waals surface area contributed by atoms with Crippen LogP contribution in [0, 0.1) is 5.92 Å². The van der Waals surface area contributed by atoms with Crippen molar-refractivity contribution in [3.63, 3.8) is 0 Å². The molecule has 0 spiro atoms. The number of rotatable bonds is 9. The molecule has 1 aromatic carbocycles. The molecule has 1 fully saturated rings. The monoisotopic (exact) mass is 331 g/mol. The van der Waals surface area contributed by atoms with E-state index >= 15 is 0 Å². The first-order valence-corrected chi connectivity index (χ1v) is 8.33. The van der Waals surface area contributed by atoms with Gasteiger partial charge in [-0.1, -0.05) is 43.0 Å². The normalized spacial score (nSPS) is 17.5. The molecule has 0 aliphatic heterocycles. The highest BCUT2D eigenvalue weighted by atomic mass is 35.5. The third-order valence-corrected chi connectivity index (χ3v) is 4.31. The molecule has 0 radical (unpaired) electrons. The van der Waals surface area contributed by atoms with Crippen LogP contribution in [0.3, 0.4) is 0 Å². The van der Waals surface area contributed by atoms with Crippen LogP contribution in [0.25, 0.3) is 0 Å². The number of benzene rings is 1. The second-order valence-electron chi connectivity index (χ2n) is 5.73. The van der Waals surface area contributed by atoms with Crippen LogP contribution in [0.4, 0.5) is 0 Å². The maximum atomic E-state index is 9.99. The van der Waals surface area contributed by atoms with Crippen molar-refractivity contribution in [1.82, 2.24) is 5.32 Å². The van der Waals surface area contributed by atoms with Gasteiger partial charge in [0.25, 0.3) is 0 Å². The first-order valence-electron chi connectivity index (χ1n) is 7.57. The van der Waals surface area contributed by atoms with Gasteiger partial charge in [-0.05, 0) is 37.0 Å². The minimum absolute atomic E-state index is 0.216. The van der Waals surface area contributed by atoms with Gasteiger partial charge in [0.1, 0.15) is 18.5 Å². The van der Waals surface area contributed by atoms with Crippen molar-refractivity contribution in [2.75, 3.05) is 13.2 Å². The quantitative estimate of drug-likeness (QED) is 0.721. The maximum Gasteiger partial charge on any atom is 0.138 e. The zero-order chi connectivity index (χ0) is 15.2. The van der Waals surface area contributed by atoms with Gasteiger partial charge in [0.05, 0.1) is 5.02 Å². The number of hydrogen-bond donors (Lipinski definition) is 2. The number of nitrogens with one attached hydrogen (secondary N) is 1. The topological polar surface area (TPSA) is 41.5 Å². The minimum atomic E-state index is -0.551. The van der Waals surface area contributed by atoms with Gasteiger partial charge in [-0.25, -0.2) is 0 Å². The third-order valence-electron chi connectivity index (χ3n) is 3.77. The van der Waals surface area contributed by atoms with E-state index in [4.69, 9.17) is 27.9 Å². The maximum absolute atomic E-state index is 9.99. The smallest absolute Gasteiger partial charge is 0.138 e. The summed E-state index contributed by atoms with van der Waals surface area (Å²) in [4.78, 5) is 0. The second-order valence-corrected chi connectivity index (χ2v) is 6.58. The van der Waals surface area contributed by atoms with Crippen molar-refractivity contribution < 1.29 is 9.84 Å². The molecule has 21 heavy (non-hydrogen) atoms. The lowest BCUT2D eigenvalue weighted by atomic mass is 10.1. The third kappa shape index (κ3) is 6.03. The van der Waals surface area contributed by atoms with Crippen LogP contribution >= 0.6 is 23.2 Å². The molecule has 0 heterocycles. The standard InChI is InChI=1S/C16H23Cl2NO2/c1-2-13(7-11-3-4-11)19-9-14(20)10-21-16-6-5-12(17)8-15(16)18/h5-6,8,11,13-14,19-20H,2-4,7,9-10H2,1H3. The van der Waals surface area contributed by atoms with E-state index < -0.39 is 6.10 Å². The Morgan fingerprint density at radius 3 is 2.76 bits per heavy atom. The Labute approximate surface area is 136 Å². The van der Waals surface area contributed by atoms with Crippen molar-refractivity contribution in [1.29, 1.82) is 0 Å². The number of aliphatic hydroxyl groups excluding tert-OH is 1. The average molecular weight is 332 g/mol. The molecule has 2 unspecified atom stereocenters. The molecular weight excluding hydrogens is 309 g/mol. The van der Waals surface area contributed by atoms with E-state index in [0.717, 1.165) is 12.3 Å². The molecule has 0 saturated heterocycles. The largest absolute Gasteiger partial charge is 0.489 e. The summed E-state index contributed by atoms with van der Waals surface area (Å²) in [6.45, 7) is 2.93. The molecule has 0 aromatic heterocycles. The summed E-state index contributed by atoms with van der Waals surface area (Å²) < 4.78 is 5.53. The zero-order valence-electron chi connectivity index (χ0n) is 12.3. The summed E-state index contributed by atoms with van der Waals surface area (Å²) in [5.74, 6) is 1.44. The SMILES string of the molecule is CCC(CC1CC1)NCC(O)COc1ccc(Cl)cc1Cl. The molecule has 1 aliphatic rings. The van der Waals surface area contributed by atoms with Crippen molar-refractivity contribution in [3.05, 3.63) is 28.2 Å². The molecule has 2 N–H and O–H groups in total. The average Bonchev–Trinajstić information content (AvgIpc) is 3.26. The van der Waals surface area contributed by atoms with Crippen LogP contribution in [0.15, 0.2) is 18.2 Å². The number of ether oxygens (including phenoxy) is 1. The predicted octanol–water partition coefficient (Wildman–Crippen LogP) is 3.90. The Balaban J connectivity index is 1.69. The lowest BCUT2D eigenvalue weighted by molar-refractivity contribution is 0.103. The van der Waals surface area contributed by atoms with E-state index in [-0.39, 0.29) is 6.61 Å². The molecule has 3 nitrogen and oxygen atoms in total. The van der Waals surface area contributed by atoms with Gasteiger partial charge in [-0.2, -0.15) is 0 Å². The van der Waals surface area contributed by atoms with Gasteiger partial charge in [0, 0.05) is 17.6 Å². The first-order chi connectivity index (χ1) is 10.1. The fraction of sp³-hybridized carbons (Fsp3) is 0.625. The lowest BCUT2D eigenvalue weighted by Gasteiger charge is -2.19. The summed E-state index contributed by atoms with van der Waals surface area (Å²) in [5, 5.41) is 14.4. The molecule has 2 rings (SSSR count). The first kappa shape index (κ1) is 16.9. The Bertz CT molecular complexity index is 452. The van der Waals surface area contributed by atoms with Gasteiger partial charge in [0.15, 0.2) is 0 Å². The number of aliphatic hydroxyl groups is 1. The van der Waals surface area contributed by atoms with Crippen molar-refractivity contribution in [3.8, 4) is 5.75 Å². The van der Waals surface area contributed by atoms with Crippen LogP contribution in [0.2, 0.25) is 10.0 Å². The minimum Gasteiger partial charge on any atom is -0.489 e. The molecular formula is C16H23Cl2NO2. The summed E-state index contributed by atoms with van der Waals surface area (Å²) >= 11 is 11.8. The molecule has 1 aliphatic carbocycles. The molecule has 1 saturated carbocycles. The fourth-order valence-electron chi connectivity index (χ4n) is 2.29. The van der Waals surface area contributed by atoms with Crippen molar-refractivity contribution in [2.45, 2.75) is 44.8 Å². The predicted molar refractivity (Wildman–Crippen MR) is 87.4 cm³/mol. The van der Waals surface area contributed by atoms with Gasteiger partial charge < -0.3 is 15.2 Å². The van der Waals surface area contributed by atoms with E-state index in [1.54, 1.807) is 18.2 Å². The van der Waals surface area contributed by atoms with E-state index in [1.807, 2.05) is 0 Å². The van der Waals surface area contributed by atoms with Crippen LogP contribution < -0.4 is 10.1 Å². The van der Waals surface area contributed by atoms with Crippen molar-refractivity contribution in [2.24, 2.45) is 5.92 Å². The van der Waals surface area contributed by atoms with Crippen LogP contribution in [0.1, 0.15) is 32.6 Å². The Morgan fingerprint density at radius 2 is 2.14 bits per heavy atom. The van der Waals surface area contributed by atoms with Gasteiger partial charge in [-0.3, -0.25) is 0 Å². The van der Waals surface area contributed by atoms with Crippen molar-refractivity contribution >= 4 is 23.2 Å². The summed E-state index contributed by atoms with van der Waals surface area (Å²) in [7, 11) is 0. The summed E-state index contributed by atoms with van der Waals surface area (Å²) in [6, 6.07) is 5.56. The van der Waals surface area contributed by atoms with Crippen LogP contribution in [-0.4, -0.2) is 30.4 Å². The van der Waals surface area contributed by atoms with E-state index in [0.29, 0.717) is 28.4 Å². The molecule has 118 valence electrons. The zero-order valence-corrected chi connectivity index (χ0v) is 13.8. The highest BCUT2D eigenvalue weighted by Gasteiger charge is 2.24. The summed E-state index contributed by atoms with van der Waals surface area (Å²) in [6.07, 6.45) is 4.47. The summed E-state index contributed by atoms with van der Waals surface area (Å²) in [5.41, 5.74) is 0. The highest BCUT2D eigenvalue weighted by Crippen LogP contribution is 2.34. The Morgan fingerprint density at radius 1 is 1.38 bits per heavy atom. The van der Waals surface area contributed by atoms with Gasteiger partial charge in [-0.15, -0.1) is 0 Å². The van der Waals surface area contributed by atoms with Crippen LogP contribution in [0.5, 0.6) is 5.75 Å². The van der Waals surface area contributed by atoms with E-state index in [2.05, 4.69) is 12.2 Å². The molecule has 0 bridgehead atoms. The molecule has 1 aromatic rings. The lowest BCUT2D eigenvalue weighted by Crippen LogP contribution is -2.38. The second kappa shape index (κ2) is 8.23. The van der Waals surface area contributed by atoms with E-state index in [1.165, 1.54) is 19.3 Å². The number of hydrogen-bond acceptors (Lipinski definition) is 3. The van der Waals surface area contributed by atoms with Gasteiger partial charge in [0.2, 0.25) is 0 Å². The highest BCUT2D eigenvalue weighted by molar-refractivity contribution is 6.35. The van der Waals surface area contributed by atoms with Gasteiger partial charge >= 0.3 is 0 Å². The Hall–Kier alpha value is -0.480. The molecule has 0 amide bonds. The number of halogens is 2. The molecule has 2 atom stereocenters. The molecule has 5 heteroatoms. The van der Waals surface area contributed by atoms with E-state index in [9.17, 15) is 5.11 Å². The fourth-order valence-corrected chi connectivity index (χ4v) is 2.75.